The first kappa shape index (κ1) is 22.8. The molecule has 6 nitrogen and oxygen atoms in total. The minimum atomic E-state index is 0.00124. The lowest BCUT2D eigenvalue weighted by Gasteiger charge is -2.33. The molecule has 0 aliphatic carbocycles. The van der Waals surface area contributed by atoms with Crippen LogP contribution in [0.2, 0.25) is 15.1 Å². The summed E-state index contributed by atoms with van der Waals surface area (Å²) in [6.45, 7) is 4.78. The number of ether oxygens (including phenoxy) is 1. The lowest BCUT2D eigenvalue weighted by Crippen LogP contribution is -2.44. The third-order valence-corrected chi connectivity index (χ3v) is 7.65. The normalized spacial score (nSPS) is 19.4. The molecular formula is C24H25Cl3N4O2. The summed E-state index contributed by atoms with van der Waals surface area (Å²) in [5.41, 5.74) is 3.58. The van der Waals surface area contributed by atoms with Crippen LogP contribution >= 0.6 is 34.8 Å². The number of nitrogens with zero attached hydrogens (tertiary/aromatic N) is 3. The number of carbonyl (C=O) groups is 1. The zero-order chi connectivity index (χ0) is 23.1. The van der Waals surface area contributed by atoms with Gasteiger partial charge in [0.25, 0.3) is 0 Å². The Morgan fingerprint density at radius 3 is 2.52 bits per heavy atom. The number of anilines is 1. The molecule has 9 heteroatoms. The molecule has 1 aromatic heterocycles. The van der Waals surface area contributed by atoms with Crippen LogP contribution in [-0.4, -0.2) is 47.8 Å². The van der Waals surface area contributed by atoms with Crippen molar-refractivity contribution < 1.29 is 9.53 Å². The van der Waals surface area contributed by atoms with Gasteiger partial charge in [0, 0.05) is 36.3 Å². The summed E-state index contributed by atoms with van der Waals surface area (Å²) in [4.78, 5) is 19.9. The molecule has 0 spiro atoms. The molecule has 3 aromatic rings. The van der Waals surface area contributed by atoms with Crippen LogP contribution in [0.25, 0.3) is 16.7 Å². The van der Waals surface area contributed by atoms with Gasteiger partial charge in [-0.2, -0.15) is 0 Å². The molecule has 5 rings (SSSR count). The van der Waals surface area contributed by atoms with E-state index in [0.29, 0.717) is 21.7 Å². The van der Waals surface area contributed by atoms with Gasteiger partial charge < -0.3 is 15.0 Å². The average Bonchev–Trinajstić information content (AvgIpc) is 3.44. The summed E-state index contributed by atoms with van der Waals surface area (Å²) in [6, 6.07) is 9.70. The SMILES string of the molecule is Cc1cc(-n2c(N3CCC(C(=O)NC4CCOC4)CC3)nc3cc(Cl)c(Cl)cc32)ccc1Cl. The second-order valence-corrected chi connectivity index (χ2v) is 9.99. The maximum absolute atomic E-state index is 12.7. The molecule has 1 N–H and O–H groups in total. The highest BCUT2D eigenvalue weighted by Gasteiger charge is 2.30. The molecule has 1 unspecified atom stereocenters. The van der Waals surface area contributed by atoms with Gasteiger partial charge in [0.15, 0.2) is 0 Å². The van der Waals surface area contributed by atoms with Crippen molar-refractivity contribution in [3.63, 3.8) is 0 Å². The van der Waals surface area contributed by atoms with E-state index in [9.17, 15) is 4.79 Å². The Labute approximate surface area is 207 Å². The molecule has 0 bridgehead atoms. The summed E-state index contributed by atoms with van der Waals surface area (Å²) in [5.74, 6) is 0.944. The third kappa shape index (κ3) is 4.54. The quantitative estimate of drug-likeness (QED) is 0.512. The smallest absolute Gasteiger partial charge is 0.223 e. The van der Waals surface area contributed by atoms with E-state index in [1.807, 2.05) is 31.2 Å². The Bertz CT molecular complexity index is 1200. The Balaban J connectivity index is 1.44. The van der Waals surface area contributed by atoms with E-state index in [0.717, 1.165) is 67.2 Å². The van der Waals surface area contributed by atoms with Crippen LogP contribution in [0.4, 0.5) is 5.95 Å². The van der Waals surface area contributed by atoms with Gasteiger partial charge in [0.1, 0.15) is 0 Å². The lowest BCUT2D eigenvalue weighted by atomic mass is 9.95. The number of nitrogens with one attached hydrogen (secondary N) is 1. The van der Waals surface area contributed by atoms with Crippen molar-refractivity contribution in [2.75, 3.05) is 31.2 Å². The van der Waals surface area contributed by atoms with Crippen molar-refractivity contribution in [3.05, 3.63) is 51.0 Å². The van der Waals surface area contributed by atoms with Crippen LogP contribution in [0.1, 0.15) is 24.8 Å². The Morgan fingerprint density at radius 2 is 1.82 bits per heavy atom. The van der Waals surface area contributed by atoms with Crippen molar-refractivity contribution in [1.82, 2.24) is 14.9 Å². The molecule has 0 radical (unpaired) electrons. The maximum atomic E-state index is 12.7. The zero-order valence-corrected chi connectivity index (χ0v) is 20.6. The van der Waals surface area contributed by atoms with Gasteiger partial charge in [-0.3, -0.25) is 9.36 Å². The maximum Gasteiger partial charge on any atom is 0.223 e. The Morgan fingerprint density at radius 1 is 1.06 bits per heavy atom. The minimum Gasteiger partial charge on any atom is -0.379 e. The van der Waals surface area contributed by atoms with Gasteiger partial charge in [-0.1, -0.05) is 34.8 Å². The number of hydrogen-bond acceptors (Lipinski definition) is 4. The number of fused-ring (bicyclic) bond motifs is 1. The van der Waals surface area contributed by atoms with Crippen LogP contribution in [0, 0.1) is 12.8 Å². The van der Waals surface area contributed by atoms with Gasteiger partial charge in [-0.25, -0.2) is 4.98 Å². The molecule has 33 heavy (non-hydrogen) atoms. The first-order valence-electron chi connectivity index (χ1n) is 11.2. The fourth-order valence-corrected chi connectivity index (χ4v) is 5.04. The van der Waals surface area contributed by atoms with E-state index < -0.39 is 0 Å². The second-order valence-electron chi connectivity index (χ2n) is 8.77. The predicted molar refractivity (Wildman–Crippen MR) is 133 cm³/mol. The third-order valence-electron chi connectivity index (χ3n) is 6.50. The second kappa shape index (κ2) is 9.34. The largest absolute Gasteiger partial charge is 0.379 e. The van der Waals surface area contributed by atoms with Crippen LogP contribution in [-0.2, 0) is 9.53 Å². The number of carbonyl (C=O) groups excluding carboxylic acids is 1. The summed E-state index contributed by atoms with van der Waals surface area (Å²) < 4.78 is 7.47. The molecule has 0 saturated carbocycles. The summed E-state index contributed by atoms with van der Waals surface area (Å²) in [6.07, 6.45) is 2.42. The van der Waals surface area contributed by atoms with Crippen molar-refractivity contribution in [1.29, 1.82) is 0 Å². The highest BCUT2D eigenvalue weighted by atomic mass is 35.5. The van der Waals surface area contributed by atoms with Gasteiger partial charge in [-0.05, 0) is 62.1 Å². The number of rotatable bonds is 4. The number of amides is 1. The van der Waals surface area contributed by atoms with E-state index >= 15 is 0 Å². The van der Waals surface area contributed by atoms with E-state index in [-0.39, 0.29) is 17.9 Å². The molecule has 1 amide bonds. The molecule has 1 atom stereocenters. The highest BCUT2D eigenvalue weighted by Crippen LogP contribution is 2.35. The summed E-state index contributed by atoms with van der Waals surface area (Å²) in [7, 11) is 0. The van der Waals surface area contributed by atoms with Crippen LogP contribution in [0.15, 0.2) is 30.3 Å². The molecule has 2 saturated heterocycles. The molecule has 3 heterocycles. The van der Waals surface area contributed by atoms with Crippen molar-refractivity contribution in [3.8, 4) is 5.69 Å². The average molecular weight is 508 g/mol. The fraction of sp³-hybridized carbons (Fsp3) is 0.417. The number of imidazole rings is 1. The molecular weight excluding hydrogens is 483 g/mol. The predicted octanol–water partition coefficient (Wildman–Crippen LogP) is 5.42. The first-order chi connectivity index (χ1) is 15.9. The monoisotopic (exact) mass is 506 g/mol. The number of hydrogen-bond donors (Lipinski definition) is 1. The number of aryl methyl sites for hydroxylation is 1. The van der Waals surface area contributed by atoms with Crippen LogP contribution < -0.4 is 10.2 Å². The number of halogens is 3. The minimum absolute atomic E-state index is 0.00124. The fourth-order valence-electron chi connectivity index (χ4n) is 4.60. The van der Waals surface area contributed by atoms with Crippen LogP contribution in [0.5, 0.6) is 0 Å². The molecule has 174 valence electrons. The van der Waals surface area contributed by atoms with Gasteiger partial charge in [0.2, 0.25) is 11.9 Å². The van der Waals surface area contributed by atoms with Gasteiger partial charge >= 0.3 is 0 Å². The molecule has 2 aliphatic heterocycles. The Hall–Kier alpha value is -1.99. The number of benzene rings is 2. The van der Waals surface area contributed by atoms with E-state index in [1.54, 1.807) is 6.07 Å². The Kier molecular flexibility index (Phi) is 6.45. The lowest BCUT2D eigenvalue weighted by molar-refractivity contribution is -0.126. The van der Waals surface area contributed by atoms with Crippen molar-refractivity contribution >= 4 is 57.7 Å². The van der Waals surface area contributed by atoms with Crippen molar-refractivity contribution in [2.45, 2.75) is 32.2 Å². The number of piperidine rings is 1. The summed E-state index contributed by atoms with van der Waals surface area (Å²) in [5, 5.41) is 4.81. The van der Waals surface area contributed by atoms with Gasteiger partial charge in [0.05, 0.1) is 33.7 Å². The van der Waals surface area contributed by atoms with Gasteiger partial charge in [-0.15, -0.1) is 0 Å². The van der Waals surface area contributed by atoms with Crippen molar-refractivity contribution in [2.24, 2.45) is 5.92 Å². The first-order valence-corrected chi connectivity index (χ1v) is 12.3. The zero-order valence-electron chi connectivity index (χ0n) is 18.3. The number of aromatic nitrogens is 2. The van der Waals surface area contributed by atoms with E-state index in [1.165, 1.54) is 0 Å². The topological polar surface area (TPSA) is 59.4 Å². The standard InChI is InChI=1S/C24H25Cl3N4O2/c1-14-10-17(2-3-18(14)25)31-22-12-20(27)19(26)11-21(22)29-24(31)30-7-4-15(5-8-30)23(32)28-16-6-9-33-13-16/h2-3,10-12,15-16H,4-9,13H2,1H3,(H,28,32). The van der Waals surface area contributed by atoms with E-state index in [2.05, 4.69) is 14.8 Å². The molecule has 2 fully saturated rings. The van der Waals surface area contributed by atoms with E-state index in [4.69, 9.17) is 44.5 Å². The molecule has 2 aliphatic rings. The van der Waals surface area contributed by atoms with Crippen LogP contribution in [0.3, 0.4) is 0 Å². The molecule has 2 aromatic carbocycles. The summed E-state index contributed by atoms with van der Waals surface area (Å²) >= 11 is 18.9. The highest BCUT2D eigenvalue weighted by molar-refractivity contribution is 6.42.